The maximum Gasteiger partial charge on any atom is 0.243 e. The molecule has 1 heterocycles. The lowest BCUT2D eigenvalue weighted by Gasteiger charge is -2.26. The lowest BCUT2D eigenvalue weighted by Crippen LogP contribution is -2.39. The normalized spacial score (nSPS) is 20.7. The molecule has 0 bridgehead atoms. The molecule has 2 rings (SSSR count). The fraction of sp³-hybridized carbons (Fsp3) is 0.571. The molecule has 1 saturated heterocycles. The summed E-state index contributed by atoms with van der Waals surface area (Å²) in [5, 5.41) is 0. The minimum Gasteiger partial charge on any atom is -0.326 e. The third kappa shape index (κ3) is 3.03. The summed E-state index contributed by atoms with van der Waals surface area (Å²) in [4.78, 5) is 2.55. The number of hydrogen-bond acceptors (Lipinski definition) is 4. The monoisotopic (exact) mass is 297 g/mol. The molecule has 1 aromatic carbocycles. The molecule has 1 aromatic rings. The van der Waals surface area contributed by atoms with Crippen molar-refractivity contribution in [2.45, 2.75) is 30.3 Å². The van der Waals surface area contributed by atoms with Gasteiger partial charge in [-0.25, -0.2) is 8.42 Å². The van der Waals surface area contributed by atoms with Gasteiger partial charge in [0.25, 0.3) is 0 Å². The molecule has 0 aromatic heterocycles. The number of hydrogen-bond donors (Lipinski definition) is 1. The highest BCUT2D eigenvalue weighted by molar-refractivity contribution is 7.89. The largest absolute Gasteiger partial charge is 0.326 e. The first-order chi connectivity index (χ1) is 9.46. The molecule has 1 atom stereocenters. The van der Waals surface area contributed by atoms with Gasteiger partial charge in [0.2, 0.25) is 10.0 Å². The summed E-state index contributed by atoms with van der Waals surface area (Å²) in [7, 11) is 0.229. The van der Waals surface area contributed by atoms with Gasteiger partial charge in [-0.2, -0.15) is 4.31 Å². The van der Waals surface area contributed by atoms with Crippen molar-refractivity contribution in [1.82, 2.24) is 9.21 Å². The standard InChI is InChI=1S/C14H23N3O2S/c1-16-9-5-7-13(16)11-17(2)20(18,19)14-8-4-3-6-12(14)10-15/h3-4,6,8,13H,5,7,9-11,15H2,1-2H3. The zero-order chi connectivity index (χ0) is 14.8. The van der Waals surface area contributed by atoms with Crippen LogP contribution in [0.4, 0.5) is 0 Å². The maximum absolute atomic E-state index is 12.7. The topological polar surface area (TPSA) is 66.6 Å². The molecule has 6 heteroatoms. The van der Waals surface area contributed by atoms with Gasteiger partial charge in [-0.1, -0.05) is 18.2 Å². The Bertz CT molecular complexity index is 559. The van der Waals surface area contributed by atoms with Crippen molar-refractivity contribution >= 4 is 10.0 Å². The van der Waals surface area contributed by atoms with Gasteiger partial charge < -0.3 is 10.6 Å². The number of nitrogens with zero attached hydrogens (tertiary/aromatic N) is 2. The van der Waals surface area contributed by atoms with Crippen LogP contribution in [-0.4, -0.2) is 50.8 Å². The molecule has 0 spiro atoms. The number of benzene rings is 1. The summed E-state index contributed by atoms with van der Waals surface area (Å²) in [6, 6.07) is 7.25. The fourth-order valence-electron chi connectivity index (χ4n) is 2.70. The second kappa shape index (κ2) is 6.22. The quantitative estimate of drug-likeness (QED) is 0.875. The summed E-state index contributed by atoms with van der Waals surface area (Å²) >= 11 is 0. The van der Waals surface area contributed by atoms with E-state index in [4.69, 9.17) is 5.73 Å². The first-order valence-corrected chi connectivity index (χ1v) is 8.35. The third-order valence-electron chi connectivity index (χ3n) is 4.02. The molecule has 1 unspecified atom stereocenters. The second-order valence-corrected chi connectivity index (χ2v) is 7.39. The van der Waals surface area contributed by atoms with Gasteiger partial charge in [-0.15, -0.1) is 0 Å². The van der Waals surface area contributed by atoms with Gasteiger partial charge >= 0.3 is 0 Å². The number of rotatable bonds is 5. The summed E-state index contributed by atoms with van der Waals surface area (Å²) in [5.74, 6) is 0. The van der Waals surface area contributed by atoms with E-state index in [9.17, 15) is 8.42 Å². The fourth-order valence-corrected chi connectivity index (χ4v) is 4.13. The molecule has 2 N–H and O–H groups in total. The molecular weight excluding hydrogens is 274 g/mol. The van der Waals surface area contributed by atoms with Gasteiger partial charge in [0, 0.05) is 26.2 Å². The van der Waals surface area contributed by atoms with E-state index in [1.807, 2.05) is 13.1 Å². The van der Waals surface area contributed by atoms with Crippen molar-refractivity contribution in [2.24, 2.45) is 5.73 Å². The van der Waals surface area contributed by atoms with Crippen LogP contribution in [0.3, 0.4) is 0 Å². The van der Waals surface area contributed by atoms with Crippen LogP contribution in [0.2, 0.25) is 0 Å². The van der Waals surface area contributed by atoms with E-state index in [-0.39, 0.29) is 6.54 Å². The van der Waals surface area contributed by atoms with Crippen LogP contribution in [0.25, 0.3) is 0 Å². The molecule has 0 aliphatic carbocycles. The number of nitrogens with two attached hydrogens (primary N) is 1. The SMILES string of the molecule is CN1CCCC1CN(C)S(=O)(=O)c1ccccc1CN. The van der Waals surface area contributed by atoms with Crippen molar-refractivity contribution in [3.63, 3.8) is 0 Å². The molecule has 1 aliphatic rings. The zero-order valence-corrected chi connectivity index (χ0v) is 12.9. The third-order valence-corrected chi connectivity index (χ3v) is 5.94. The van der Waals surface area contributed by atoms with Gasteiger partial charge in [0.15, 0.2) is 0 Å². The smallest absolute Gasteiger partial charge is 0.243 e. The Morgan fingerprint density at radius 3 is 2.70 bits per heavy atom. The van der Waals surface area contributed by atoms with Crippen LogP contribution in [0.15, 0.2) is 29.2 Å². The zero-order valence-electron chi connectivity index (χ0n) is 12.1. The molecular formula is C14H23N3O2S. The van der Waals surface area contributed by atoms with E-state index < -0.39 is 10.0 Å². The summed E-state index contributed by atoms with van der Waals surface area (Å²) in [6.07, 6.45) is 2.18. The van der Waals surface area contributed by atoms with Crippen molar-refractivity contribution in [3.8, 4) is 0 Å². The van der Waals surface area contributed by atoms with Gasteiger partial charge in [-0.3, -0.25) is 0 Å². The highest BCUT2D eigenvalue weighted by atomic mass is 32.2. The Morgan fingerprint density at radius 2 is 2.10 bits per heavy atom. The highest BCUT2D eigenvalue weighted by Gasteiger charge is 2.29. The minimum atomic E-state index is -3.47. The van der Waals surface area contributed by atoms with Crippen LogP contribution in [0.1, 0.15) is 18.4 Å². The first-order valence-electron chi connectivity index (χ1n) is 6.91. The highest BCUT2D eigenvalue weighted by Crippen LogP contribution is 2.22. The average Bonchev–Trinajstić information content (AvgIpc) is 2.84. The molecule has 0 radical (unpaired) electrons. The number of sulfonamides is 1. The van der Waals surface area contributed by atoms with E-state index in [0.29, 0.717) is 23.0 Å². The van der Waals surface area contributed by atoms with Gasteiger partial charge in [-0.05, 0) is 38.1 Å². The summed E-state index contributed by atoms with van der Waals surface area (Å²) in [6.45, 7) is 1.79. The van der Waals surface area contributed by atoms with Crippen LogP contribution < -0.4 is 5.73 Å². The van der Waals surface area contributed by atoms with E-state index in [0.717, 1.165) is 19.4 Å². The predicted octanol–water partition coefficient (Wildman–Crippen LogP) is 0.860. The Kier molecular flexibility index (Phi) is 4.80. The lowest BCUT2D eigenvalue weighted by atomic mass is 10.2. The molecule has 1 fully saturated rings. The summed E-state index contributed by atoms with van der Waals surface area (Å²) < 4.78 is 26.8. The molecule has 1 aliphatic heterocycles. The van der Waals surface area contributed by atoms with Gasteiger partial charge in [0.05, 0.1) is 4.90 Å². The number of likely N-dealkylation sites (N-methyl/N-ethyl adjacent to an activating group) is 2. The van der Waals surface area contributed by atoms with E-state index >= 15 is 0 Å². The van der Waals surface area contributed by atoms with E-state index in [1.165, 1.54) is 4.31 Å². The average molecular weight is 297 g/mol. The Balaban J connectivity index is 2.21. The molecule has 112 valence electrons. The number of likely N-dealkylation sites (tertiary alicyclic amines) is 1. The lowest BCUT2D eigenvalue weighted by molar-refractivity contribution is 0.271. The van der Waals surface area contributed by atoms with Crippen molar-refractivity contribution < 1.29 is 8.42 Å². The van der Waals surface area contributed by atoms with Crippen molar-refractivity contribution in [2.75, 3.05) is 27.2 Å². The predicted molar refractivity (Wildman–Crippen MR) is 79.8 cm³/mol. The Morgan fingerprint density at radius 1 is 1.40 bits per heavy atom. The van der Waals surface area contributed by atoms with E-state index in [1.54, 1.807) is 25.2 Å². The van der Waals surface area contributed by atoms with Crippen LogP contribution >= 0.6 is 0 Å². The Labute approximate surface area is 121 Å². The molecule has 0 saturated carbocycles. The van der Waals surface area contributed by atoms with Crippen molar-refractivity contribution in [3.05, 3.63) is 29.8 Å². The first kappa shape index (κ1) is 15.4. The minimum absolute atomic E-state index is 0.229. The molecule has 0 amide bonds. The molecule has 20 heavy (non-hydrogen) atoms. The Hall–Kier alpha value is -0.950. The maximum atomic E-state index is 12.7. The van der Waals surface area contributed by atoms with Crippen LogP contribution in [-0.2, 0) is 16.6 Å². The second-order valence-electron chi connectivity index (χ2n) is 5.37. The molecule has 5 nitrogen and oxygen atoms in total. The van der Waals surface area contributed by atoms with E-state index in [2.05, 4.69) is 4.90 Å². The van der Waals surface area contributed by atoms with Crippen molar-refractivity contribution in [1.29, 1.82) is 0 Å². The summed E-state index contributed by atoms with van der Waals surface area (Å²) in [5.41, 5.74) is 6.31. The van der Waals surface area contributed by atoms with Crippen LogP contribution in [0, 0.1) is 0 Å². The van der Waals surface area contributed by atoms with Crippen LogP contribution in [0.5, 0.6) is 0 Å². The van der Waals surface area contributed by atoms with Gasteiger partial charge in [0.1, 0.15) is 0 Å².